The average molecular weight is 234 g/mol. The van der Waals surface area contributed by atoms with Crippen LogP contribution in [0.5, 0.6) is 0 Å². The Morgan fingerprint density at radius 3 is 2.93 bits per heavy atom. The van der Waals surface area contributed by atoms with Gasteiger partial charge in [-0.15, -0.1) is 11.8 Å². The quantitative estimate of drug-likeness (QED) is 0.729. The van der Waals surface area contributed by atoms with Gasteiger partial charge in [0.05, 0.1) is 5.02 Å². The van der Waals surface area contributed by atoms with Crippen LogP contribution in [0.15, 0.2) is 17.3 Å². The molecule has 0 bridgehead atoms. The molecule has 0 aliphatic rings. The maximum Gasteiger partial charge on any atom is 0.156 e. The van der Waals surface area contributed by atoms with Crippen LogP contribution in [0.4, 0.5) is 4.39 Å². The van der Waals surface area contributed by atoms with Crippen molar-refractivity contribution in [2.45, 2.75) is 25.3 Å². The first-order valence-corrected chi connectivity index (χ1v) is 5.93. The summed E-state index contributed by atoms with van der Waals surface area (Å²) in [7, 11) is 0. The molecule has 1 aromatic rings. The van der Waals surface area contributed by atoms with Gasteiger partial charge in [0, 0.05) is 11.9 Å². The normalized spacial score (nSPS) is 12.9. The summed E-state index contributed by atoms with van der Waals surface area (Å²) in [6.45, 7) is 4.26. The minimum absolute atomic E-state index is 0.328. The number of hydrogen-bond donors (Lipinski definition) is 0. The van der Waals surface area contributed by atoms with Crippen LogP contribution in [-0.2, 0) is 0 Å². The van der Waals surface area contributed by atoms with E-state index in [0.717, 1.165) is 12.2 Å². The fraction of sp³-hybridized carbons (Fsp3) is 0.500. The molecule has 0 saturated heterocycles. The van der Waals surface area contributed by atoms with Gasteiger partial charge in [0.15, 0.2) is 5.82 Å². The third-order valence-electron chi connectivity index (χ3n) is 1.98. The molecule has 78 valence electrons. The number of rotatable bonds is 4. The third kappa shape index (κ3) is 3.46. The van der Waals surface area contributed by atoms with Crippen LogP contribution in [-0.4, -0.2) is 10.7 Å². The van der Waals surface area contributed by atoms with Crippen LogP contribution in [0.25, 0.3) is 0 Å². The van der Waals surface area contributed by atoms with Gasteiger partial charge in [0.1, 0.15) is 5.03 Å². The first-order valence-electron chi connectivity index (χ1n) is 4.57. The second kappa shape index (κ2) is 5.56. The van der Waals surface area contributed by atoms with Crippen molar-refractivity contribution in [3.63, 3.8) is 0 Å². The van der Waals surface area contributed by atoms with Crippen LogP contribution in [0, 0.1) is 11.7 Å². The van der Waals surface area contributed by atoms with Crippen molar-refractivity contribution in [2.75, 3.05) is 5.75 Å². The molecule has 0 fully saturated rings. The highest BCUT2D eigenvalue weighted by Crippen LogP contribution is 2.24. The molecule has 1 unspecified atom stereocenters. The highest BCUT2D eigenvalue weighted by atomic mass is 35.5. The second-order valence-electron chi connectivity index (χ2n) is 3.26. The summed E-state index contributed by atoms with van der Waals surface area (Å²) in [5.41, 5.74) is 0. The largest absolute Gasteiger partial charge is 0.245 e. The minimum Gasteiger partial charge on any atom is -0.245 e. The molecule has 0 N–H and O–H groups in total. The lowest BCUT2D eigenvalue weighted by atomic mass is 10.2. The highest BCUT2D eigenvalue weighted by Gasteiger charge is 2.07. The second-order valence-corrected chi connectivity index (χ2v) is 4.71. The molecule has 0 aliphatic heterocycles. The van der Waals surface area contributed by atoms with E-state index in [-0.39, 0.29) is 5.82 Å². The van der Waals surface area contributed by atoms with Gasteiger partial charge in [-0.1, -0.05) is 31.9 Å². The number of hydrogen-bond acceptors (Lipinski definition) is 2. The molecule has 0 radical (unpaired) electrons. The summed E-state index contributed by atoms with van der Waals surface area (Å²) in [6, 6.07) is 1.30. The molecule has 1 nitrogen and oxygen atoms in total. The predicted molar refractivity (Wildman–Crippen MR) is 59.4 cm³/mol. The van der Waals surface area contributed by atoms with Gasteiger partial charge in [0.2, 0.25) is 0 Å². The Morgan fingerprint density at radius 1 is 1.64 bits per heavy atom. The van der Waals surface area contributed by atoms with Crippen LogP contribution in [0.1, 0.15) is 20.3 Å². The van der Waals surface area contributed by atoms with E-state index in [1.54, 1.807) is 0 Å². The van der Waals surface area contributed by atoms with E-state index in [9.17, 15) is 4.39 Å². The monoisotopic (exact) mass is 233 g/mol. The molecule has 4 heteroatoms. The van der Waals surface area contributed by atoms with Gasteiger partial charge in [-0.05, 0) is 12.0 Å². The Morgan fingerprint density at radius 2 is 2.36 bits per heavy atom. The van der Waals surface area contributed by atoms with Gasteiger partial charge >= 0.3 is 0 Å². The minimum atomic E-state index is -0.328. The Bertz CT molecular complexity index is 306. The zero-order chi connectivity index (χ0) is 10.6. The van der Waals surface area contributed by atoms with E-state index in [0.29, 0.717) is 16.0 Å². The van der Waals surface area contributed by atoms with E-state index in [2.05, 4.69) is 18.8 Å². The summed E-state index contributed by atoms with van der Waals surface area (Å²) in [5.74, 6) is 1.14. The van der Waals surface area contributed by atoms with Gasteiger partial charge in [-0.25, -0.2) is 9.37 Å². The predicted octanol–water partition coefficient (Wildman–Crippen LogP) is 4.01. The van der Waals surface area contributed by atoms with E-state index in [1.807, 2.05) is 0 Å². The molecular formula is C10H13ClFNS. The molecular weight excluding hydrogens is 221 g/mol. The van der Waals surface area contributed by atoms with E-state index in [4.69, 9.17) is 11.6 Å². The first-order chi connectivity index (χ1) is 6.63. The molecule has 0 saturated carbocycles. The summed E-state index contributed by atoms with van der Waals surface area (Å²) in [6.07, 6.45) is 2.58. The molecule has 1 heterocycles. The SMILES string of the molecule is CCC(C)CSc1ncc(Cl)cc1F. The van der Waals surface area contributed by atoms with Crippen LogP contribution >= 0.6 is 23.4 Å². The lowest BCUT2D eigenvalue weighted by molar-refractivity contribution is 0.585. The molecule has 0 aliphatic carbocycles. The Balaban J connectivity index is 2.59. The van der Waals surface area contributed by atoms with Crippen LogP contribution in [0.3, 0.4) is 0 Å². The number of aromatic nitrogens is 1. The lowest BCUT2D eigenvalue weighted by Crippen LogP contribution is -1.97. The van der Waals surface area contributed by atoms with E-state index >= 15 is 0 Å². The molecule has 1 aromatic heterocycles. The van der Waals surface area contributed by atoms with Crippen molar-refractivity contribution in [3.8, 4) is 0 Å². The highest BCUT2D eigenvalue weighted by molar-refractivity contribution is 7.99. The van der Waals surface area contributed by atoms with Crippen molar-refractivity contribution in [2.24, 2.45) is 5.92 Å². The van der Waals surface area contributed by atoms with Gasteiger partial charge in [0.25, 0.3) is 0 Å². The maximum atomic E-state index is 13.2. The molecule has 1 rings (SSSR count). The van der Waals surface area contributed by atoms with Crippen molar-refractivity contribution in [3.05, 3.63) is 23.1 Å². The molecule has 1 atom stereocenters. The number of pyridine rings is 1. The van der Waals surface area contributed by atoms with Crippen LogP contribution in [0.2, 0.25) is 5.02 Å². The lowest BCUT2D eigenvalue weighted by Gasteiger charge is -2.07. The van der Waals surface area contributed by atoms with Gasteiger partial charge < -0.3 is 0 Å². The molecule has 0 aromatic carbocycles. The van der Waals surface area contributed by atoms with Crippen molar-refractivity contribution in [1.82, 2.24) is 4.98 Å². The zero-order valence-electron chi connectivity index (χ0n) is 8.26. The summed E-state index contributed by atoms with van der Waals surface area (Å²) in [5, 5.41) is 0.782. The number of thioether (sulfide) groups is 1. The number of nitrogens with zero attached hydrogens (tertiary/aromatic N) is 1. The fourth-order valence-electron chi connectivity index (χ4n) is 0.847. The topological polar surface area (TPSA) is 12.9 Å². The summed E-state index contributed by atoms with van der Waals surface area (Å²) < 4.78 is 13.2. The molecule has 14 heavy (non-hydrogen) atoms. The smallest absolute Gasteiger partial charge is 0.156 e. The van der Waals surface area contributed by atoms with Gasteiger partial charge in [-0.2, -0.15) is 0 Å². The van der Waals surface area contributed by atoms with Crippen LogP contribution < -0.4 is 0 Å². The summed E-state index contributed by atoms with van der Waals surface area (Å²) in [4.78, 5) is 3.94. The molecule has 0 amide bonds. The fourth-order valence-corrected chi connectivity index (χ4v) is 1.99. The number of halogens is 2. The summed E-state index contributed by atoms with van der Waals surface area (Å²) >= 11 is 7.04. The molecule has 0 spiro atoms. The first kappa shape index (κ1) is 11.8. The van der Waals surface area contributed by atoms with Crippen molar-refractivity contribution >= 4 is 23.4 Å². The maximum absolute atomic E-state index is 13.2. The zero-order valence-corrected chi connectivity index (χ0v) is 9.83. The Kier molecular flexibility index (Phi) is 4.69. The average Bonchev–Trinajstić information content (AvgIpc) is 2.16. The van der Waals surface area contributed by atoms with Gasteiger partial charge in [-0.3, -0.25) is 0 Å². The Labute approximate surface area is 93.1 Å². The third-order valence-corrected chi connectivity index (χ3v) is 3.49. The Hall–Kier alpha value is -0.280. The standard InChI is InChI=1S/C10H13ClFNS/c1-3-7(2)6-14-10-9(12)4-8(11)5-13-10/h4-5,7H,3,6H2,1-2H3. The van der Waals surface area contributed by atoms with E-state index in [1.165, 1.54) is 24.0 Å². The van der Waals surface area contributed by atoms with Crippen molar-refractivity contribution in [1.29, 1.82) is 0 Å². The van der Waals surface area contributed by atoms with Crippen molar-refractivity contribution < 1.29 is 4.39 Å². The van der Waals surface area contributed by atoms with E-state index < -0.39 is 0 Å².